The average Bonchev–Trinajstić information content (AvgIpc) is 2.33. The summed E-state index contributed by atoms with van der Waals surface area (Å²) in [6.07, 6.45) is 0.0762. The highest BCUT2D eigenvalue weighted by atomic mass is 79.9. The fourth-order valence-corrected chi connectivity index (χ4v) is 1.92. The first-order valence-corrected chi connectivity index (χ1v) is 6.69. The number of rotatable bonds is 6. The van der Waals surface area contributed by atoms with E-state index in [0.717, 1.165) is 10.0 Å². The van der Waals surface area contributed by atoms with E-state index in [4.69, 9.17) is 15.2 Å². The van der Waals surface area contributed by atoms with E-state index in [2.05, 4.69) is 15.9 Å². The topological polar surface area (TPSA) is 61.5 Å². The molecule has 0 fully saturated rings. The van der Waals surface area contributed by atoms with Gasteiger partial charge < -0.3 is 15.2 Å². The molecule has 0 aliphatic heterocycles. The molecule has 1 unspecified atom stereocenters. The molecule has 1 aromatic rings. The van der Waals surface area contributed by atoms with E-state index < -0.39 is 6.10 Å². The summed E-state index contributed by atoms with van der Waals surface area (Å²) in [6, 6.07) is 5.64. The average molecular weight is 316 g/mol. The maximum absolute atomic E-state index is 11.5. The highest BCUT2D eigenvalue weighted by Crippen LogP contribution is 2.24. The largest absolute Gasteiger partial charge is 0.479 e. The minimum Gasteiger partial charge on any atom is -0.479 e. The van der Waals surface area contributed by atoms with Crippen LogP contribution in [0, 0.1) is 0 Å². The quantitative estimate of drug-likeness (QED) is 0.818. The molecule has 0 amide bonds. The second-order valence-electron chi connectivity index (χ2n) is 3.80. The lowest BCUT2D eigenvalue weighted by Crippen LogP contribution is -2.26. The fraction of sp³-hybridized carbons (Fsp3) is 0.462. The molecular formula is C13H18BrNO3. The van der Waals surface area contributed by atoms with E-state index >= 15 is 0 Å². The number of carbonyl (C=O) groups is 1. The number of hydrogen-bond donors (Lipinski definition) is 1. The third-order valence-corrected chi connectivity index (χ3v) is 2.85. The molecule has 0 spiro atoms. The van der Waals surface area contributed by atoms with Crippen LogP contribution in [0.15, 0.2) is 22.7 Å². The Morgan fingerprint density at radius 3 is 2.83 bits per heavy atom. The SMILES string of the molecule is CCOC(=O)C(C)Oc1ccc(Br)cc1CCN. The summed E-state index contributed by atoms with van der Waals surface area (Å²) in [6.45, 7) is 4.32. The van der Waals surface area contributed by atoms with Crippen LogP contribution in [0.5, 0.6) is 5.75 Å². The Bertz CT molecular complexity index is 409. The Morgan fingerprint density at radius 1 is 1.50 bits per heavy atom. The molecule has 0 saturated heterocycles. The molecule has 1 atom stereocenters. The van der Waals surface area contributed by atoms with Gasteiger partial charge in [-0.15, -0.1) is 0 Å². The van der Waals surface area contributed by atoms with Crippen LogP contribution in [-0.4, -0.2) is 25.2 Å². The van der Waals surface area contributed by atoms with Gasteiger partial charge >= 0.3 is 5.97 Å². The standard InChI is InChI=1S/C13H18BrNO3/c1-3-17-13(16)9(2)18-12-5-4-11(14)8-10(12)6-7-15/h4-5,8-9H,3,6-7,15H2,1-2H3. The zero-order chi connectivity index (χ0) is 13.5. The fourth-order valence-electron chi connectivity index (χ4n) is 1.51. The lowest BCUT2D eigenvalue weighted by atomic mass is 10.1. The van der Waals surface area contributed by atoms with Crippen LogP contribution in [0.3, 0.4) is 0 Å². The Hall–Kier alpha value is -1.07. The van der Waals surface area contributed by atoms with E-state index in [1.165, 1.54) is 0 Å². The van der Waals surface area contributed by atoms with Crippen molar-refractivity contribution < 1.29 is 14.3 Å². The molecule has 1 rings (SSSR count). The molecular weight excluding hydrogens is 298 g/mol. The summed E-state index contributed by atoms with van der Waals surface area (Å²) in [7, 11) is 0. The Morgan fingerprint density at radius 2 is 2.22 bits per heavy atom. The number of benzene rings is 1. The van der Waals surface area contributed by atoms with Crippen molar-refractivity contribution in [1.82, 2.24) is 0 Å². The smallest absolute Gasteiger partial charge is 0.347 e. The summed E-state index contributed by atoms with van der Waals surface area (Å²) in [4.78, 5) is 11.5. The van der Waals surface area contributed by atoms with Crippen LogP contribution in [0.1, 0.15) is 19.4 Å². The minimum absolute atomic E-state index is 0.350. The van der Waals surface area contributed by atoms with Gasteiger partial charge in [0, 0.05) is 4.47 Å². The van der Waals surface area contributed by atoms with Crippen molar-refractivity contribution in [1.29, 1.82) is 0 Å². The number of hydrogen-bond acceptors (Lipinski definition) is 4. The van der Waals surface area contributed by atoms with E-state index in [9.17, 15) is 4.79 Å². The Labute approximate surface area is 116 Å². The molecule has 0 bridgehead atoms. The third kappa shape index (κ3) is 4.31. The minimum atomic E-state index is -0.623. The predicted molar refractivity (Wildman–Crippen MR) is 73.6 cm³/mol. The molecule has 0 heterocycles. The first-order chi connectivity index (χ1) is 8.58. The van der Waals surface area contributed by atoms with Crippen LogP contribution < -0.4 is 10.5 Å². The van der Waals surface area contributed by atoms with Gasteiger partial charge in [0.2, 0.25) is 0 Å². The van der Waals surface area contributed by atoms with Gasteiger partial charge in [0.25, 0.3) is 0 Å². The summed E-state index contributed by atoms with van der Waals surface area (Å²) >= 11 is 3.40. The second-order valence-corrected chi connectivity index (χ2v) is 4.72. The number of esters is 1. The zero-order valence-electron chi connectivity index (χ0n) is 10.6. The molecule has 0 aliphatic carbocycles. The molecule has 1 aromatic carbocycles. The maximum Gasteiger partial charge on any atom is 0.347 e. The monoisotopic (exact) mass is 315 g/mol. The molecule has 5 heteroatoms. The predicted octanol–water partition coefficient (Wildman–Crippen LogP) is 2.28. The highest BCUT2D eigenvalue weighted by Gasteiger charge is 2.17. The summed E-state index contributed by atoms with van der Waals surface area (Å²) < 4.78 is 11.5. The highest BCUT2D eigenvalue weighted by molar-refractivity contribution is 9.10. The molecule has 100 valence electrons. The molecule has 0 radical (unpaired) electrons. The van der Waals surface area contributed by atoms with Gasteiger partial charge in [0.15, 0.2) is 6.10 Å². The van der Waals surface area contributed by atoms with Crippen LogP contribution >= 0.6 is 15.9 Å². The molecule has 0 aromatic heterocycles. The lowest BCUT2D eigenvalue weighted by Gasteiger charge is -2.16. The summed E-state index contributed by atoms with van der Waals surface area (Å²) in [5.41, 5.74) is 6.53. The van der Waals surface area contributed by atoms with E-state index in [1.54, 1.807) is 13.8 Å². The first-order valence-electron chi connectivity index (χ1n) is 5.90. The molecule has 18 heavy (non-hydrogen) atoms. The maximum atomic E-state index is 11.5. The molecule has 2 N–H and O–H groups in total. The van der Waals surface area contributed by atoms with Crippen LogP contribution in [0.2, 0.25) is 0 Å². The Balaban J connectivity index is 2.79. The third-order valence-electron chi connectivity index (χ3n) is 2.36. The van der Waals surface area contributed by atoms with E-state index in [1.807, 2.05) is 18.2 Å². The summed E-state index contributed by atoms with van der Waals surface area (Å²) in [5, 5.41) is 0. The van der Waals surface area contributed by atoms with Crippen molar-refractivity contribution in [3.63, 3.8) is 0 Å². The van der Waals surface area contributed by atoms with Crippen LogP contribution in [-0.2, 0) is 16.0 Å². The van der Waals surface area contributed by atoms with Gasteiger partial charge in [-0.05, 0) is 50.6 Å². The summed E-state index contributed by atoms with van der Waals surface area (Å²) in [5.74, 6) is 0.309. The molecule has 0 aliphatic rings. The van der Waals surface area contributed by atoms with Crippen molar-refractivity contribution in [2.45, 2.75) is 26.4 Å². The molecule has 0 saturated carbocycles. The molecule has 4 nitrogen and oxygen atoms in total. The van der Waals surface area contributed by atoms with Crippen molar-refractivity contribution >= 4 is 21.9 Å². The van der Waals surface area contributed by atoms with E-state index in [0.29, 0.717) is 25.3 Å². The van der Waals surface area contributed by atoms with Crippen molar-refractivity contribution in [3.05, 3.63) is 28.2 Å². The zero-order valence-corrected chi connectivity index (χ0v) is 12.2. The van der Waals surface area contributed by atoms with Crippen LogP contribution in [0.25, 0.3) is 0 Å². The van der Waals surface area contributed by atoms with Gasteiger partial charge in [-0.2, -0.15) is 0 Å². The van der Waals surface area contributed by atoms with E-state index in [-0.39, 0.29) is 5.97 Å². The van der Waals surface area contributed by atoms with Gasteiger partial charge in [-0.3, -0.25) is 0 Å². The lowest BCUT2D eigenvalue weighted by molar-refractivity contribution is -0.150. The van der Waals surface area contributed by atoms with Gasteiger partial charge in [-0.25, -0.2) is 4.79 Å². The van der Waals surface area contributed by atoms with Crippen molar-refractivity contribution in [2.24, 2.45) is 5.73 Å². The normalized spacial score (nSPS) is 12.0. The number of carbonyl (C=O) groups excluding carboxylic acids is 1. The second kappa shape index (κ2) is 7.38. The van der Waals surface area contributed by atoms with Crippen molar-refractivity contribution in [2.75, 3.05) is 13.2 Å². The van der Waals surface area contributed by atoms with Crippen LogP contribution in [0.4, 0.5) is 0 Å². The number of nitrogens with two attached hydrogens (primary N) is 1. The number of ether oxygens (including phenoxy) is 2. The van der Waals surface area contributed by atoms with Gasteiger partial charge in [0.1, 0.15) is 5.75 Å². The van der Waals surface area contributed by atoms with Crippen molar-refractivity contribution in [3.8, 4) is 5.75 Å². The Kier molecular flexibility index (Phi) is 6.15. The first kappa shape index (κ1) is 15.0. The van der Waals surface area contributed by atoms with Gasteiger partial charge in [0.05, 0.1) is 6.61 Å². The van der Waals surface area contributed by atoms with Gasteiger partial charge in [-0.1, -0.05) is 15.9 Å². The number of halogens is 1.